The van der Waals surface area contributed by atoms with E-state index in [2.05, 4.69) is 5.32 Å². The van der Waals surface area contributed by atoms with Crippen molar-refractivity contribution in [3.63, 3.8) is 0 Å². The molecule has 1 fully saturated rings. The van der Waals surface area contributed by atoms with Crippen LogP contribution in [0.25, 0.3) is 6.08 Å². The SMILES string of the molecule is CC(=O)Oc1ccc(/C=C2/SC(=O)NC2=S)cc1OC(C)=O. The van der Waals surface area contributed by atoms with Gasteiger partial charge >= 0.3 is 11.9 Å². The monoisotopic (exact) mass is 337 g/mol. The summed E-state index contributed by atoms with van der Waals surface area (Å²) in [4.78, 5) is 34.4. The molecule has 114 valence electrons. The Bertz CT molecular complexity index is 711. The van der Waals surface area contributed by atoms with Crippen LogP contribution in [-0.4, -0.2) is 22.2 Å². The van der Waals surface area contributed by atoms with Crippen molar-refractivity contribution in [3.05, 3.63) is 28.7 Å². The smallest absolute Gasteiger partial charge is 0.308 e. The van der Waals surface area contributed by atoms with E-state index in [-0.39, 0.29) is 16.7 Å². The lowest BCUT2D eigenvalue weighted by atomic mass is 10.2. The van der Waals surface area contributed by atoms with Gasteiger partial charge in [-0.15, -0.1) is 0 Å². The van der Waals surface area contributed by atoms with Crippen LogP contribution in [0.2, 0.25) is 0 Å². The molecule has 1 aromatic carbocycles. The van der Waals surface area contributed by atoms with E-state index in [1.165, 1.54) is 26.0 Å². The Morgan fingerprint density at radius 1 is 1.18 bits per heavy atom. The molecule has 0 unspecified atom stereocenters. The number of rotatable bonds is 3. The molecule has 0 atom stereocenters. The summed E-state index contributed by atoms with van der Waals surface area (Å²) in [6, 6.07) is 4.69. The molecule has 0 bridgehead atoms. The van der Waals surface area contributed by atoms with Crippen molar-refractivity contribution in [2.45, 2.75) is 13.8 Å². The second kappa shape index (κ2) is 6.71. The molecule has 0 radical (unpaired) electrons. The van der Waals surface area contributed by atoms with E-state index in [1.54, 1.807) is 12.1 Å². The Kier molecular flexibility index (Phi) is 4.94. The quantitative estimate of drug-likeness (QED) is 0.393. The number of thioether (sulfide) groups is 1. The first kappa shape index (κ1) is 16.2. The maximum atomic E-state index is 11.2. The summed E-state index contributed by atoms with van der Waals surface area (Å²) in [6.07, 6.45) is 1.68. The van der Waals surface area contributed by atoms with E-state index in [9.17, 15) is 14.4 Å². The molecule has 8 heteroatoms. The van der Waals surface area contributed by atoms with E-state index in [0.717, 1.165) is 11.8 Å². The molecular formula is C14H11NO5S2. The summed E-state index contributed by atoms with van der Waals surface area (Å²) >= 11 is 6.01. The third-order valence-electron chi connectivity index (χ3n) is 2.41. The number of amides is 1. The summed E-state index contributed by atoms with van der Waals surface area (Å²) in [5, 5.41) is 2.26. The number of carbonyl (C=O) groups excluding carboxylic acids is 3. The first-order valence-electron chi connectivity index (χ1n) is 6.11. The van der Waals surface area contributed by atoms with Crippen molar-refractivity contribution in [2.24, 2.45) is 0 Å². The highest BCUT2D eigenvalue weighted by Crippen LogP contribution is 2.32. The van der Waals surface area contributed by atoms with Crippen molar-refractivity contribution in [1.29, 1.82) is 0 Å². The minimum absolute atomic E-state index is 0.116. The summed E-state index contributed by atoms with van der Waals surface area (Å²) in [5.74, 6) is -0.811. The summed E-state index contributed by atoms with van der Waals surface area (Å²) in [5.41, 5.74) is 0.647. The fourth-order valence-electron chi connectivity index (χ4n) is 1.66. The number of thiocarbonyl (C=S) groups is 1. The Balaban J connectivity index is 2.35. The van der Waals surface area contributed by atoms with Gasteiger partial charge in [0.05, 0.1) is 4.91 Å². The Morgan fingerprint density at radius 3 is 2.36 bits per heavy atom. The van der Waals surface area contributed by atoms with Gasteiger partial charge in [-0.2, -0.15) is 0 Å². The van der Waals surface area contributed by atoms with Gasteiger partial charge in [-0.05, 0) is 35.5 Å². The molecule has 1 aliphatic rings. The zero-order chi connectivity index (χ0) is 16.3. The third-order valence-corrected chi connectivity index (χ3v) is 3.70. The Morgan fingerprint density at radius 2 is 1.82 bits per heavy atom. The number of benzene rings is 1. The Hall–Kier alpha value is -2.19. The van der Waals surface area contributed by atoms with E-state index in [1.807, 2.05) is 0 Å². The topological polar surface area (TPSA) is 81.7 Å². The summed E-state index contributed by atoms with van der Waals surface area (Å²) in [6.45, 7) is 2.49. The Labute approximate surface area is 135 Å². The maximum absolute atomic E-state index is 11.2. The van der Waals surface area contributed by atoms with Gasteiger partial charge in [-0.25, -0.2) is 0 Å². The van der Waals surface area contributed by atoms with Gasteiger partial charge in [-0.1, -0.05) is 18.3 Å². The number of nitrogens with one attached hydrogen (secondary N) is 1. The number of carbonyl (C=O) groups is 3. The van der Waals surface area contributed by atoms with E-state index in [0.29, 0.717) is 15.5 Å². The van der Waals surface area contributed by atoms with Crippen LogP contribution in [0.3, 0.4) is 0 Å². The van der Waals surface area contributed by atoms with Gasteiger partial charge in [0.2, 0.25) is 0 Å². The van der Waals surface area contributed by atoms with E-state index < -0.39 is 11.9 Å². The molecule has 6 nitrogen and oxygen atoms in total. The van der Waals surface area contributed by atoms with E-state index >= 15 is 0 Å². The second-order valence-electron chi connectivity index (χ2n) is 4.25. The second-order valence-corrected chi connectivity index (χ2v) is 5.67. The molecule has 1 aliphatic heterocycles. The zero-order valence-corrected chi connectivity index (χ0v) is 13.3. The molecule has 2 rings (SSSR count). The van der Waals surface area contributed by atoms with Crippen LogP contribution in [0.4, 0.5) is 4.79 Å². The van der Waals surface area contributed by atoms with Crippen molar-refractivity contribution < 1.29 is 23.9 Å². The molecule has 1 N–H and O–H groups in total. The molecule has 1 amide bonds. The largest absolute Gasteiger partial charge is 0.423 e. The minimum Gasteiger partial charge on any atom is -0.423 e. The maximum Gasteiger partial charge on any atom is 0.308 e. The fourth-order valence-corrected chi connectivity index (χ4v) is 2.69. The van der Waals surface area contributed by atoms with Crippen molar-refractivity contribution >= 4 is 52.2 Å². The molecule has 0 spiro atoms. The highest BCUT2D eigenvalue weighted by molar-refractivity contribution is 8.19. The number of esters is 2. The first-order valence-corrected chi connectivity index (χ1v) is 7.33. The van der Waals surface area contributed by atoms with Crippen LogP contribution in [0.5, 0.6) is 11.5 Å². The highest BCUT2D eigenvalue weighted by atomic mass is 32.2. The average Bonchev–Trinajstić information content (AvgIpc) is 2.70. The first-order chi connectivity index (χ1) is 10.3. The summed E-state index contributed by atoms with van der Waals surface area (Å²) < 4.78 is 10.0. The molecule has 1 heterocycles. The standard InChI is InChI=1S/C14H11NO5S2/c1-7(16)19-10-4-3-9(5-11(10)20-8(2)17)6-12-13(21)15-14(18)22-12/h3-6H,1-2H3,(H,15,18,21)/b12-6+. The van der Waals surface area contributed by atoms with Crippen LogP contribution in [0.1, 0.15) is 19.4 Å². The normalized spacial score (nSPS) is 15.6. The van der Waals surface area contributed by atoms with Crippen LogP contribution >= 0.6 is 24.0 Å². The van der Waals surface area contributed by atoms with Gasteiger partial charge in [0.25, 0.3) is 5.24 Å². The lowest BCUT2D eigenvalue weighted by Crippen LogP contribution is -2.15. The van der Waals surface area contributed by atoms with Gasteiger partial charge in [0.1, 0.15) is 4.99 Å². The summed E-state index contributed by atoms with van der Waals surface area (Å²) in [7, 11) is 0. The van der Waals surface area contributed by atoms with Crippen molar-refractivity contribution in [3.8, 4) is 11.5 Å². The van der Waals surface area contributed by atoms with Gasteiger partial charge in [0, 0.05) is 13.8 Å². The number of ether oxygens (including phenoxy) is 2. The highest BCUT2D eigenvalue weighted by Gasteiger charge is 2.21. The number of hydrogen-bond acceptors (Lipinski definition) is 7. The lowest BCUT2D eigenvalue weighted by Gasteiger charge is -2.09. The zero-order valence-electron chi connectivity index (χ0n) is 11.7. The molecular weight excluding hydrogens is 326 g/mol. The van der Waals surface area contributed by atoms with Gasteiger partial charge in [0.15, 0.2) is 11.5 Å². The van der Waals surface area contributed by atoms with Crippen LogP contribution in [0, 0.1) is 0 Å². The number of hydrogen-bond donors (Lipinski definition) is 1. The van der Waals surface area contributed by atoms with Crippen molar-refractivity contribution in [2.75, 3.05) is 0 Å². The molecule has 1 aromatic rings. The molecule has 22 heavy (non-hydrogen) atoms. The average molecular weight is 337 g/mol. The van der Waals surface area contributed by atoms with Crippen LogP contribution in [0.15, 0.2) is 23.1 Å². The van der Waals surface area contributed by atoms with Crippen LogP contribution in [-0.2, 0) is 9.59 Å². The molecule has 0 aromatic heterocycles. The lowest BCUT2D eigenvalue weighted by molar-refractivity contribution is -0.134. The van der Waals surface area contributed by atoms with Crippen LogP contribution < -0.4 is 14.8 Å². The van der Waals surface area contributed by atoms with Gasteiger partial charge in [-0.3, -0.25) is 14.4 Å². The molecule has 1 saturated heterocycles. The predicted molar refractivity (Wildman–Crippen MR) is 85.8 cm³/mol. The fraction of sp³-hybridized carbons (Fsp3) is 0.143. The predicted octanol–water partition coefficient (Wildman–Crippen LogP) is 2.66. The van der Waals surface area contributed by atoms with Gasteiger partial charge < -0.3 is 14.8 Å². The van der Waals surface area contributed by atoms with Crippen molar-refractivity contribution in [1.82, 2.24) is 5.32 Å². The van der Waals surface area contributed by atoms with E-state index in [4.69, 9.17) is 21.7 Å². The molecule has 0 saturated carbocycles. The third kappa shape index (κ3) is 4.15. The minimum atomic E-state index is -0.541. The molecule has 0 aliphatic carbocycles.